The van der Waals surface area contributed by atoms with Gasteiger partial charge in [0.1, 0.15) is 11.5 Å². The van der Waals surface area contributed by atoms with E-state index in [9.17, 15) is 4.79 Å². The molecule has 0 fully saturated rings. The van der Waals surface area contributed by atoms with Crippen molar-refractivity contribution < 1.29 is 14.3 Å². The smallest absolute Gasteiger partial charge is 0.311 e. The molecule has 0 bridgehead atoms. The summed E-state index contributed by atoms with van der Waals surface area (Å²) < 4.78 is 12.8. The third-order valence-electron chi connectivity index (χ3n) is 4.39. The molecular weight excluding hydrogens is 342 g/mol. The second-order valence-corrected chi connectivity index (χ2v) is 6.61. The number of aromatic nitrogens is 3. The van der Waals surface area contributed by atoms with E-state index in [2.05, 4.69) is 17.0 Å². The number of carbonyl (C=O) groups is 1. The van der Waals surface area contributed by atoms with Crippen LogP contribution in [0.1, 0.15) is 42.4 Å². The minimum absolute atomic E-state index is 0.271. The summed E-state index contributed by atoms with van der Waals surface area (Å²) in [5.74, 6) is 1.03. The molecule has 6 nitrogen and oxygen atoms in total. The number of ether oxygens (including phenoxy) is 2. The second-order valence-electron chi connectivity index (χ2n) is 6.61. The van der Waals surface area contributed by atoms with Crippen LogP contribution in [-0.2, 0) is 11.2 Å². The molecule has 0 atom stereocenters. The molecule has 0 saturated carbocycles. The van der Waals surface area contributed by atoms with E-state index in [0.29, 0.717) is 18.8 Å². The Morgan fingerprint density at radius 3 is 2.52 bits per heavy atom. The first kappa shape index (κ1) is 18.9. The standard InChI is InChI=1S/C21H25N3O3/c1-5-12-26-17-6-8-18(9-7-17)27-21(25)11-10-19-15(3)22-20-13-14(2)23-24(20)16(19)4/h6-9,13H,5,10-12H2,1-4H3. The molecule has 0 radical (unpaired) electrons. The Bertz CT molecular complexity index is 945. The Hall–Kier alpha value is -2.89. The van der Waals surface area contributed by atoms with Crippen LogP contribution in [0.25, 0.3) is 5.65 Å². The van der Waals surface area contributed by atoms with Gasteiger partial charge in [0.15, 0.2) is 5.65 Å². The Labute approximate surface area is 159 Å². The highest BCUT2D eigenvalue weighted by atomic mass is 16.5. The quantitative estimate of drug-likeness (QED) is 0.467. The molecule has 1 aromatic carbocycles. The summed E-state index contributed by atoms with van der Waals surface area (Å²) in [6.07, 6.45) is 1.80. The Kier molecular flexibility index (Phi) is 5.74. The number of fused-ring (bicyclic) bond motifs is 1. The molecule has 0 amide bonds. The Morgan fingerprint density at radius 2 is 1.81 bits per heavy atom. The average Bonchev–Trinajstić information content (AvgIpc) is 3.01. The van der Waals surface area contributed by atoms with Gasteiger partial charge in [-0.15, -0.1) is 0 Å². The predicted octanol–water partition coefficient (Wildman–Crippen LogP) is 3.98. The lowest BCUT2D eigenvalue weighted by Crippen LogP contribution is -2.12. The normalized spacial score (nSPS) is 11.0. The van der Waals surface area contributed by atoms with Crippen LogP contribution < -0.4 is 9.47 Å². The molecule has 0 unspecified atom stereocenters. The minimum Gasteiger partial charge on any atom is -0.494 e. The molecule has 0 N–H and O–H groups in total. The van der Waals surface area contributed by atoms with Gasteiger partial charge in [0.25, 0.3) is 0 Å². The van der Waals surface area contributed by atoms with E-state index in [1.807, 2.05) is 43.5 Å². The van der Waals surface area contributed by atoms with E-state index < -0.39 is 0 Å². The summed E-state index contributed by atoms with van der Waals surface area (Å²) in [5.41, 5.74) is 4.72. The van der Waals surface area contributed by atoms with Crippen LogP contribution in [0.3, 0.4) is 0 Å². The van der Waals surface area contributed by atoms with Crippen molar-refractivity contribution >= 4 is 11.6 Å². The minimum atomic E-state index is -0.271. The van der Waals surface area contributed by atoms with Crippen molar-refractivity contribution in [3.8, 4) is 11.5 Å². The number of nitrogens with zero attached hydrogens (tertiary/aromatic N) is 3. The lowest BCUT2D eigenvalue weighted by Gasteiger charge is -2.11. The number of aryl methyl sites for hydroxylation is 3. The number of carbonyl (C=O) groups excluding carboxylic acids is 1. The van der Waals surface area contributed by atoms with Crippen LogP contribution in [-0.4, -0.2) is 27.2 Å². The topological polar surface area (TPSA) is 65.7 Å². The van der Waals surface area contributed by atoms with E-state index in [4.69, 9.17) is 9.47 Å². The number of rotatable bonds is 7. The van der Waals surface area contributed by atoms with Crippen molar-refractivity contribution in [3.05, 3.63) is 53.0 Å². The average molecular weight is 367 g/mol. The monoisotopic (exact) mass is 367 g/mol. The summed E-state index contributed by atoms with van der Waals surface area (Å²) in [6, 6.07) is 9.07. The summed E-state index contributed by atoms with van der Waals surface area (Å²) in [7, 11) is 0. The fraction of sp³-hybridized carbons (Fsp3) is 0.381. The Morgan fingerprint density at radius 1 is 1.11 bits per heavy atom. The lowest BCUT2D eigenvalue weighted by molar-refractivity contribution is -0.134. The van der Waals surface area contributed by atoms with Crippen LogP contribution in [0.5, 0.6) is 11.5 Å². The van der Waals surface area contributed by atoms with Gasteiger partial charge in [-0.1, -0.05) is 6.92 Å². The zero-order valence-corrected chi connectivity index (χ0v) is 16.3. The fourth-order valence-corrected chi connectivity index (χ4v) is 3.04. The molecule has 6 heteroatoms. The van der Waals surface area contributed by atoms with Crippen molar-refractivity contribution in [3.63, 3.8) is 0 Å². The van der Waals surface area contributed by atoms with E-state index in [0.717, 1.165) is 40.5 Å². The van der Waals surface area contributed by atoms with Gasteiger partial charge in [-0.25, -0.2) is 9.50 Å². The van der Waals surface area contributed by atoms with Crippen molar-refractivity contribution in [2.75, 3.05) is 6.61 Å². The van der Waals surface area contributed by atoms with E-state index in [1.54, 1.807) is 12.1 Å². The molecule has 0 aliphatic heterocycles. The molecule has 142 valence electrons. The third kappa shape index (κ3) is 4.45. The molecule has 0 spiro atoms. The summed E-state index contributed by atoms with van der Waals surface area (Å²) in [6.45, 7) is 8.64. The first-order valence-corrected chi connectivity index (χ1v) is 9.24. The number of esters is 1. The maximum Gasteiger partial charge on any atom is 0.311 e. The van der Waals surface area contributed by atoms with E-state index in [-0.39, 0.29) is 12.4 Å². The molecule has 0 aliphatic rings. The fourth-order valence-electron chi connectivity index (χ4n) is 3.04. The van der Waals surface area contributed by atoms with Crippen LogP contribution in [0.2, 0.25) is 0 Å². The third-order valence-corrected chi connectivity index (χ3v) is 4.39. The van der Waals surface area contributed by atoms with Gasteiger partial charge >= 0.3 is 5.97 Å². The van der Waals surface area contributed by atoms with Gasteiger partial charge in [-0.3, -0.25) is 4.79 Å². The van der Waals surface area contributed by atoms with Crippen molar-refractivity contribution in [1.29, 1.82) is 0 Å². The lowest BCUT2D eigenvalue weighted by atomic mass is 10.1. The zero-order chi connectivity index (χ0) is 19.4. The van der Waals surface area contributed by atoms with Crippen LogP contribution in [0, 0.1) is 20.8 Å². The molecule has 27 heavy (non-hydrogen) atoms. The molecule has 3 aromatic rings. The van der Waals surface area contributed by atoms with Gasteiger partial charge in [0.2, 0.25) is 0 Å². The molecule has 2 aromatic heterocycles. The van der Waals surface area contributed by atoms with Crippen LogP contribution in [0.4, 0.5) is 0 Å². The highest BCUT2D eigenvalue weighted by Gasteiger charge is 2.14. The largest absolute Gasteiger partial charge is 0.494 e. The predicted molar refractivity (Wildman–Crippen MR) is 103 cm³/mol. The van der Waals surface area contributed by atoms with Crippen molar-refractivity contribution in [1.82, 2.24) is 14.6 Å². The van der Waals surface area contributed by atoms with Crippen LogP contribution in [0.15, 0.2) is 30.3 Å². The Balaban J connectivity index is 1.63. The highest BCUT2D eigenvalue weighted by molar-refractivity contribution is 5.72. The van der Waals surface area contributed by atoms with Gasteiger partial charge in [-0.05, 0) is 63.4 Å². The summed E-state index contributed by atoms with van der Waals surface area (Å²) in [5, 5.41) is 4.46. The van der Waals surface area contributed by atoms with Gasteiger partial charge in [-0.2, -0.15) is 5.10 Å². The summed E-state index contributed by atoms with van der Waals surface area (Å²) in [4.78, 5) is 16.8. The summed E-state index contributed by atoms with van der Waals surface area (Å²) >= 11 is 0. The number of hydrogen-bond donors (Lipinski definition) is 0. The molecule has 0 aliphatic carbocycles. The highest BCUT2D eigenvalue weighted by Crippen LogP contribution is 2.20. The maximum absolute atomic E-state index is 12.2. The second kappa shape index (κ2) is 8.20. The van der Waals surface area contributed by atoms with Crippen molar-refractivity contribution in [2.24, 2.45) is 0 Å². The van der Waals surface area contributed by atoms with Gasteiger partial charge < -0.3 is 9.47 Å². The first-order valence-electron chi connectivity index (χ1n) is 9.24. The van der Waals surface area contributed by atoms with E-state index >= 15 is 0 Å². The maximum atomic E-state index is 12.2. The first-order chi connectivity index (χ1) is 13.0. The van der Waals surface area contributed by atoms with Crippen LogP contribution >= 0.6 is 0 Å². The molecule has 0 saturated heterocycles. The van der Waals surface area contributed by atoms with Gasteiger partial charge in [0.05, 0.1) is 18.7 Å². The van der Waals surface area contributed by atoms with Crippen molar-refractivity contribution in [2.45, 2.75) is 47.0 Å². The molecular formula is C21H25N3O3. The molecule has 2 heterocycles. The van der Waals surface area contributed by atoms with E-state index in [1.165, 1.54) is 0 Å². The molecule has 3 rings (SSSR count). The number of benzene rings is 1. The SMILES string of the molecule is CCCOc1ccc(OC(=O)CCc2c(C)nc3cc(C)nn3c2C)cc1. The number of hydrogen-bond acceptors (Lipinski definition) is 5. The van der Waals surface area contributed by atoms with Gasteiger partial charge in [0, 0.05) is 17.5 Å². The zero-order valence-electron chi connectivity index (χ0n) is 16.3.